The molecule has 1 aromatic carbocycles. The normalized spacial score (nSPS) is 18.6. The van der Waals surface area contributed by atoms with Gasteiger partial charge in [-0.3, -0.25) is 9.69 Å². The van der Waals surface area contributed by atoms with E-state index in [1.807, 2.05) is 38.7 Å². The van der Waals surface area contributed by atoms with Gasteiger partial charge in [-0.2, -0.15) is 0 Å². The molecule has 22 heavy (non-hydrogen) atoms. The van der Waals surface area contributed by atoms with E-state index in [-0.39, 0.29) is 29.8 Å². The second-order valence-electron chi connectivity index (χ2n) is 6.73. The Balaban J connectivity index is 2.13. The van der Waals surface area contributed by atoms with Crippen molar-refractivity contribution in [2.75, 3.05) is 13.1 Å². The van der Waals surface area contributed by atoms with Crippen LogP contribution >= 0.6 is 0 Å². The molecule has 0 aromatic heterocycles. The quantitative estimate of drug-likeness (QED) is 0.851. The van der Waals surface area contributed by atoms with Crippen molar-refractivity contribution in [2.24, 2.45) is 0 Å². The second-order valence-corrected chi connectivity index (χ2v) is 6.73. The number of nitrogens with zero attached hydrogens (tertiary/aromatic N) is 2. The minimum atomic E-state index is -0.204. The third-order valence-corrected chi connectivity index (χ3v) is 4.51. The highest BCUT2D eigenvalue weighted by Crippen LogP contribution is 2.29. The molecule has 0 radical (unpaired) electrons. The third kappa shape index (κ3) is 3.49. The van der Waals surface area contributed by atoms with Crippen LogP contribution in [0.25, 0.3) is 0 Å². The van der Waals surface area contributed by atoms with E-state index in [1.54, 1.807) is 6.07 Å². The monoisotopic (exact) mass is 306 g/mol. The van der Waals surface area contributed by atoms with Gasteiger partial charge in [0.15, 0.2) is 0 Å². The molecule has 3 nitrogen and oxygen atoms in total. The van der Waals surface area contributed by atoms with Crippen molar-refractivity contribution in [1.29, 1.82) is 0 Å². The van der Waals surface area contributed by atoms with Crippen LogP contribution in [0.4, 0.5) is 4.39 Å². The van der Waals surface area contributed by atoms with Gasteiger partial charge in [0.05, 0.1) is 6.54 Å². The van der Waals surface area contributed by atoms with E-state index in [9.17, 15) is 9.18 Å². The molecule has 0 N–H and O–H groups in total. The molecule has 1 atom stereocenters. The number of hydrogen-bond donors (Lipinski definition) is 0. The molecule has 0 aliphatic carbocycles. The van der Waals surface area contributed by atoms with Crippen molar-refractivity contribution in [3.63, 3.8) is 0 Å². The largest absolute Gasteiger partial charge is 0.337 e. The first-order valence-electron chi connectivity index (χ1n) is 8.14. The van der Waals surface area contributed by atoms with Crippen molar-refractivity contribution in [3.05, 3.63) is 35.1 Å². The SMILES string of the molecule is CC1c2cc(F)ccc2CCN1CC(=O)N(C(C)C)C(C)C. The first-order valence-corrected chi connectivity index (χ1v) is 8.14. The van der Waals surface area contributed by atoms with Crippen molar-refractivity contribution < 1.29 is 9.18 Å². The minimum absolute atomic E-state index is 0.0737. The zero-order valence-corrected chi connectivity index (χ0v) is 14.3. The molecule has 1 unspecified atom stereocenters. The molecular weight excluding hydrogens is 279 g/mol. The average molecular weight is 306 g/mol. The summed E-state index contributed by atoms with van der Waals surface area (Å²) in [6, 6.07) is 5.46. The molecular formula is C18H27FN2O. The van der Waals surface area contributed by atoms with Gasteiger partial charge in [-0.05, 0) is 64.3 Å². The predicted molar refractivity (Wildman–Crippen MR) is 87.2 cm³/mol. The molecule has 4 heteroatoms. The standard InChI is InChI=1S/C18H27FN2O/c1-12(2)21(13(3)4)18(22)11-20-9-8-15-6-7-16(19)10-17(15)14(20)5/h6-7,10,12-14H,8-9,11H2,1-5H3. The van der Waals surface area contributed by atoms with E-state index in [0.29, 0.717) is 6.54 Å². The molecule has 2 rings (SSSR count). The van der Waals surface area contributed by atoms with E-state index >= 15 is 0 Å². The van der Waals surface area contributed by atoms with Crippen LogP contribution in [0.5, 0.6) is 0 Å². The van der Waals surface area contributed by atoms with Gasteiger partial charge >= 0.3 is 0 Å². The summed E-state index contributed by atoms with van der Waals surface area (Å²) in [7, 11) is 0. The van der Waals surface area contributed by atoms with E-state index in [4.69, 9.17) is 0 Å². The summed E-state index contributed by atoms with van der Waals surface area (Å²) in [6.45, 7) is 11.5. The number of fused-ring (bicyclic) bond motifs is 1. The summed E-state index contributed by atoms with van der Waals surface area (Å²) < 4.78 is 13.5. The zero-order chi connectivity index (χ0) is 16.4. The van der Waals surface area contributed by atoms with Crippen LogP contribution in [0.2, 0.25) is 0 Å². The topological polar surface area (TPSA) is 23.6 Å². The lowest BCUT2D eigenvalue weighted by atomic mass is 9.93. The molecule has 1 aromatic rings. The highest BCUT2D eigenvalue weighted by Gasteiger charge is 2.28. The lowest BCUT2D eigenvalue weighted by molar-refractivity contribution is -0.136. The number of rotatable bonds is 4. The summed E-state index contributed by atoms with van der Waals surface area (Å²) in [4.78, 5) is 16.7. The van der Waals surface area contributed by atoms with Gasteiger partial charge in [0.1, 0.15) is 5.82 Å². The van der Waals surface area contributed by atoms with Crippen molar-refractivity contribution >= 4 is 5.91 Å². The van der Waals surface area contributed by atoms with Gasteiger partial charge in [-0.15, -0.1) is 0 Å². The first-order chi connectivity index (χ1) is 10.3. The molecule has 1 aliphatic rings. The maximum Gasteiger partial charge on any atom is 0.237 e. The molecule has 0 saturated carbocycles. The summed E-state index contributed by atoms with van der Waals surface area (Å²) in [5.74, 6) is -0.0542. The fourth-order valence-electron chi connectivity index (χ4n) is 3.48. The molecule has 1 heterocycles. The van der Waals surface area contributed by atoms with E-state index in [1.165, 1.54) is 11.6 Å². The summed E-state index contributed by atoms with van der Waals surface area (Å²) in [5, 5.41) is 0. The Morgan fingerprint density at radius 2 is 1.95 bits per heavy atom. The minimum Gasteiger partial charge on any atom is -0.337 e. The van der Waals surface area contributed by atoms with Gasteiger partial charge < -0.3 is 4.90 Å². The number of carbonyl (C=O) groups excluding carboxylic acids is 1. The Morgan fingerprint density at radius 3 is 2.55 bits per heavy atom. The fraction of sp³-hybridized carbons (Fsp3) is 0.611. The van der Waals surface area contributed by atoms with Crippen LogP contribution in [0.3, 0.4) is 0 Å². The molecule has 0 saturated heterocycles. The first kappa shape index (κ1) is 16.9. The molecule has 1 amide bonds. The number of carbonyl (C=O) groups is 1. The summed E-state index contributed by atoms with van der Waals surface area (Å²) in [5.41, 5.74) is 2.21. The highest BCUT2D eigenvalue weighted by atomic mass is 19.1. The predicted octanol–water partition coefficient (Wildman–Crippen LogP) is 3.39. The van der Waals surface area contributed by atoms with E-state index < -0.39 is 0 Å². The van der Waals surface area contributed by atoms with Crippen molar-refractivity contribution in [1.82, 2.24) is 9.80 Å². The molecule has 0 spiro atoms. The van der Waals surface area contributed by atoms with Crippen LogP contribution in [-0.2, 0) is 11.2 Å². The Bertz CT molecular complexity index is 534. The van der Waals surface area contributed by atoms with Gasteiger partial charge in [-0.25, -0.2) is 4.39 Å². The Morgan fingerprint density at radius 1 is 1.32 bits per heavy atom. The summed E-state index contributed by atoms with van der Waals surface area (Å²) in [6.07, 6.45) is 0.872. The molecule has 0 bridgehead atoms. The van der Waals surface area contributed by atoms with Gasteiger partial charge in [-0.1, -0.05) is 6.07 Å². The van der Waals surface area contributed by atoms with E-state index in [0.717, 1.165) is 18.5 Å². The summed E-state index contributed by atoms with van der Waals surface area (Å²) >= 11 is 0. The maximum atomic E-state index is 13.5. The van der Waals surface area contributed by atoms with Gasteiger partial charge in [0.2, 0.25) is 5.91 Å². The number of halogens is 1. The van der Waals surface area contributed by atoms with Crippen LogP contribution in [-0.4, -0.2) is 40.9 Å². The van der Waals surface area contributed by atoms with Gasteiger partial charge in [0.25, 0.3) is 0 Å². The van der Waals surface area contributed by atoms with Crippen LogP contribution in [0.1, 0.15) is 51.8 Å². The van der Waals surface area contributed by atoms with Crippen molar-refractivity contribution in [3.8, 4) is 0 Å². The van der Waals surface area contributed by atoms with Crippen LogP contribution < -0.4 is 0 Å². The molecule has 1 aliphatic heterocycles. The average Bonchev–Trinajstić information content (AvgIpc) is 2.41. The third-order valence-electron chi connectivity index (χ3n) is 4.51. The Hall–Kier alpha value is -1.42. The number of hydrogen-bond acceptors (Lipinski definition) is 2. The zero-order valence-electron chi connectivity index (χ0n) is 14.3. The molecule has 0 fully saturated rings. The van der Waals surface area contributed by atoms with Crippen LogP contribution in [0, 0.1) is 5.82 Å². The Labute approximate surface area is 133 Å². The fourth-order valence-corrected chi connectivity index (χ4v) is 3.48. The lowest BCUT2D eigenvalue weighted by Gasteiger charge is -2.38. The van der Waals surface area contributed by atoms with Crippen LogP contribution in [0.15, 0.2) is 18.2 Å². The maximum absolute atomic E-state index is 13.5. The highest BCUT2D eigenvalue weighted by molar-refractivity contribution is 5.79. The lowest BCUT2D eigenvalue weighted by Crippen LogP contribution is -2.48. The van der Waals surface area contributed by atoms with Crippen molar-refractivity contribution in [2.45, 2.75) is 59.2 Å². The Kier molecular flexibility index (Phi) is 5.22. The number of benzene rings is 1. The number of amides is 1. The second kappa shape index (κ2) is 6.78. The smallest absolute Gasteiger partial charge is 0.237 e. The van der Waals surface area contributed by atoms with E-state index in [2.05, 4.69) is 11.8 Å². The van der Waals surface area contributed by atoms with Gasteiger partial charge in [0, 0.05) is 24.7 Å². The molecule has 122 valence electrons.